The molecule has 0 saturated carbocycles. The number of anilines is 2. The summed E-state index contributed by atoms with van der Waals surface area (Å²) in [7, 11) is 1.90. The fourth-order valence-electron chi connectivity index (χ4n) is 11.2. The molecular formula is C70H92N10O13S. The van der Waals surface area contributed by atoms with Crippen LogP contribution in [0.5, 0.6) is 0 Å². The van der Waals surface area contributed by atoms with Crippen LogP contribution in [0.3, 0.4) is 0 Å². The second-order valence-electron chi connectivity index (χ2n) is 25.1. The molecular weight excluding hydrogens is 1220 g/mol. The van der Waals surface area contributed by atoms with E-state index in [1.54, 1.807) is 43.0 Å². The van der Waals surface area contributed by atoms with E-state index in [2.05, 4.69) is 61.9 Å². The summed E-state index contributed by atoms with van der Waals surface area (Å²) in [5.41, 5.74) is 3.40. The van der Waals surface area contributed by atoms with E-state index in [1.807, 2.05) is 88.2 Å². The molecule has 7 atom stereocenters. The van der Waals surface area contributed by atoms with Crippen molar-refractivity contribution >= 4 is 88.0 Å². The van der Waals surface area contributed by atoms with Crippen LogP contribution >= 0.6 is 11.3 Å². The minimum Gasteiger partial charge on any atom is -0.481 e. The van der Waals surface area contributed by atoms with Crippen LogP contribution in [0.25, 0.3) is 6.08 Å². The summed E-state index contributed by atoms with van der Waals surface area (Å²) in [5, 5.41) is 29.2. The third-order valence-electron chi connectivity index (χ3n) is 16.9. The highest BCUT2D eigenvalue weighted by atomic mass is 32.1. The standard InChI is InChI=1S/C70H92N10O13S/c1-11-13-20-35-92-80(68(89)64(45(5)12-2)77-66(88)56-25-18-19-34-78(56)10)57(44(3)4)37-58(93-47(7)81)67-76-54(43-94-67)65(87)75-52(38-70(8,9)69(90)91)36-48-27-30-51(31-28-48)74-62(85)41-73-61(84)40-72-60(83)39-71-59(82)32-33-63(86)79-42-50-22-15-14-21-49(50)29-26-46(6)53-23-16-17-24-55(53)79/h1,14-17,21-24,26-31,43-46,52,56-58,64H,12-13,18-20,25,32-42H2,2-10H3,(H,71,82)(H,72,83)(H,73,84)(H,74,85)(H,75,87)(H,77,88)(H,90,91)/b29-26-/t45-,46?,52-,56+,57+,58+,64-/m0/s1. The van der Waals surface area contributed by atoms with Crippen LogP contribution in [0.15, 0.2) is 84.3 Å². The summed E-state index contributed by atoms with van der Waals surface area (Å²) in [4.78, 5) is 148. The van der Waals surface area contributed by atoms with Gasteiger partial charge in [-0.2, -0.15) is 0 Å². The molecule has 8 amide bonds. The lowest BCUT2D eigenvalue weighted by Crippen LogP contribution is -2.58. The van der Waals surface area contributed by atoms with Gasteiger partial charge < -0.3 is 46.6 Å². The zero-order chi connectivity index (χ0) is 68.6. The maximum Gasteiger partial charge on any atom is 0.309 e. The van der Waals surface area contributed by atoms with Gasteiger partial charge in [0, 0.05) is 61.3 Å². The number of hydrogen-bond donors (Lipinski definition) is 7. The number of aromatic nitrogens is 1. The normalized spacial score (nSPS) is 16.6. The van der Waals surface area contributed by atoms with Crippen LogP contribution in [-0.4, -0.2) is 143 Å². The summed E-state index contributed by atoms with van der Waals surface area (Å²) in [6.07, 6.45) is 12.5. The number of thiazole rings is 1. The van der Waals surface area contributed by atoms with E-state index in [-0.39, 0.29) is 79.0 Å². The molecule has 0 bridgehead atoms. The number of unbranched alkanes of at least 4 members (excludes halogenated alkanes) is 1. The smallest absolute Gasteiger partial charge is 0.309 e. The number of fused-ring (bicyclic) bond motifs is 2. The molecule has 4 aromatic rings. The van der Waals surface area contributed by atoms with E-state index >= 15 is 0 Å². The van der Waals surface area contributed by atoms with Crippen LogP contribution in [-0.2, 0) is 65.7 Å². The average molecular weight is 1310 g/mol. The lowest BCUT2D eigenvalue weighted by atomic mass is 9.84. The number of benzene rings is 3. The molecule has 0 spiro atoms. The summed E-state index contributed by atoms with van der Waals surface area (Å²) in [5.74, 6) is -3.74. The third kappa shape index (κ3) is 22.2. The number of carbonyl (C=O) groups excluding carboxylic acids is 9. The average Bonchev–Trinajstić information content (AvgIpc) is 1.41. The Hall–Kier alpha value is -8.79. The highest BCUT2D eigenvalue weighted by molar-refractivity contribution is 7.09. The first kappa shape index (κ1) is 74.3. The highest BCUT2D eigenvalue weighted by Gasteiger charge is 2.40. The van der Waals surface area contributed by atoms with Crippen molar-refractivity contribution in [1.29, 1.82) is 0 Å². The van der Waals surface area contributed by atoms with Crippen molar-refractivity contribution in [3.05, 3.63) is 117 Å². The molecule has 506 valence electrons. The van der Waals surface area contributed by atoms with Crippen molar-refractivity contribution in [3.8, 4) is 12.3 Å². The fraction of sp³-hybridized carbons (Fsp3) is 0.500. The zero-order valence-corrected chi connectivity index (χ0v) is 56.2. The number of carbonyl (C=O) groups is 10. The number of amides is 8. The number of rotatable bonds is 32. The van der Waals surface area contributed by atoms with Gasteiger partial charge in [-0.05, 0) is 112 Å². The number of para-hydroxylation sites is 1. The van der Waals surface area contributed by atoms with Gasteiger partial charge in [-0.3, -0.25) is 57.7 Å². The number of aliphatic carboxylic acids is 1. The molecule has 94 heavy (non-hydrogen) atoms. The number of carboxylic acid groups (broad SMARTS) is 1. The number of ether oxygens (including phenoxy) is 1. The molecule has 3 aromatic carbocycles. The first-order valence-corrected chi connectivity index (χ1v) is 33.1. The fourth-order valence-corrected chi connectivity index (χ4v) is 12.0. The van der Waals surface area contributed by atoms with Gasteiger partial charge in [0.15, 0.2) is 6.10 Å². The van der Waals surface area contributed by atoms with Gasteiger partial charge in [0.1, 0.15) is 16.7 Å². The van der Waals surface area contributed by atoms with Crippen molar-refractivity contribution in [2.24, 2.45) is 17.3 Å². The van der Waals surface area contributed by atoms with Gasteiger partial charge in [0.2, 0.25) is 35.4 Å². The van der Waals surface area contributed by atoms with Crippen LogP contribution in [0.4, 0.5) is 11.4 Å². The molecule has 1 aromatic heterocycles. The SMILES string of the molecule is C#CCCCON(C(=O)[C@@H](NC(=O)[C@H]1CCCCN1C)[C@@H](C)CC)[C@H](C[C@@H](OC(C)=O)c1nc(C(=O)N[C@@H](Cc2ccc(NC(=O)CNC(=O)CNC(=O)CNC(=O)CCC(=O)N3Cc4ccccc4/C=C\C(C)c4ccccc43)cc2)CC(C)(C)C(=O)O)cs1)C(C)C. The number of nitrogens with one attached hydrogen (secondary N) is 6. The first-order valence-electron chi connectivity index (χ1n) is 32.2. The molecule has 1 saturated heterocycles. The van der Waals surface area contributed by atoms with E-state index in [1.165, 1.54) is 17.4 Å². The molecule has 24 heteroatoms. The van der Waals surface area contributed by atoms with Gasteiger partial charge in [-0.1, -0.05) is 114 Å². The van der Waals surface area contributed by atoms with Gasteiger partial charge in [0.05, 0.1) is 50.3 Å². The summed E-state index contributed by atoms with van der Waals surface area (Å²) in [6, 6.07) is 19.3. The van der Waals surface area contributed by atoms with Crippen molar-refractivity contribution in [2.45, 2.75) is 169 Å². The highest BCUT2D eigenvalue weighted by Crippen LogP contribution is 2.35. The summed E-state index contributed by atoms with van der Waals surface area (Å²) in [6.45, 7) is 13.8. The minimum atomic E-state index is -1.29. The molecule has 23 nitrogen and oxygen atoms in total. The van der Waals surface area contributed by atoms with Gasteiger partial charge in [-0.15, -0.1) is 23.7 Å². The van der Waals surface area contributed by atoms with Gasteiger partial charge in [-0.25, -0.2) is 10.0 Å². The molecule has 1 fully saturated rings. The van der Waals surface area contributed by atoms with E-state index in [0.29, 0.717) is 43.5 Å². The van der Waals surface area contributed by atoms with Crippen molar-refractivity contribution < 1.29 is 62.6 Å². The largest absolute Gasteiger partial charge is 0.481 e. The van der Waals surface area contributed by atoms with E-state index in [4.69, 9.17) is 16.0 Å². The topological polar surface area (TPSA) is 304 Å². The number of hydroxylamine groups is 2. The number of allylic oxidation sites excluding steroid dienone is 1. The zero-order valence-electron chi connectivity index (χ0n) is 55.4. The molecule has 2 aliphatic heterocycles. The number of terminal acetylenes is 1. The van der Waals surface area contributed by atoms with Crippen molar-refractivity contribution in [2.75, 3.05) is 50.1 Å². The lowest BCUT2D eigenvalue weighted by Gasteiger charge is -2.39. The van der Waals surface area contributed by atoms with Crippen LogP contribution in [0, 0.1) is 29.6 Å². The summed E-state index contributed by atoms with van der Waals surface area (Å²) < 4.78 is 5.89. The Morgan fingerprint density at radius 2 is 1.53 bits per heavy atom. The Morgan fingerprint density at radius 3 is 2.19 bits per heavy atom. The predicted octanol–water partition coefficient (Wildman–Crippen LogP) is 7.62. The van der Waals surface area contributed by atoms with Gasteiger partial charge in [0.25, 0.3) is 11.8 Å². The first-order chi connectivity index (χ1) is 44.8. The van der Waals surface area contributed by atoms with Crippen LogP contribution in [0.2, 0.25) is 0 Å². The number of likely N-dealkylation sites (N-methyl/N-ethyl adjacent to an activating group) is 1. The maximum absolute atomic E-state index is 14.9. The molecule has 0 radical (unpaired) electrons. The molecule has 2 aliphatic rings. The molecule has 6 rings (SSSR count). The van der Waals surface area contributed by atoms with E-state index in [9.17, 15) is 53.1 Å². The number of piperidine rings is 1. The van der Waals surface area contributed by atoms with Crippen molar-refractivity contribution in [1.82, 2.24) is 41.5 Å². The Bertz CT molecular complexity index is 3380. The molecule has 1 unspecified atom stereocenters. The Labute approximate surface area is 555 Å². The molecule has 7 N–H and O–H groups in total. The Kier molecular flexibility index (Phi) is 28.5. The Balaban J connectivity index is 1.01. The summed E-state index contributed by atoms with van der Waals surface area (Å²) >= 11 is 1.07. The number of esters is 1. The second kappa shape index (κ2) is 36.0. The second-order valence-corrected chi connectivity index (χ2v) is 26.0. The minimum absolute atomic E-state index is 0.00224. The Morgan fingerprint density at radius 1 is 0.862 bits per heavy atom. The number of likely N-dealkylation sites (tertiary alicyclic amines) is 1. The number of nitrogens with zero attached hydrogens (tertiary/aromatic N) is 4. The van der Waals surface area contributed by atoms with Crippen LogP contribution < -0.4 is 36.8 Å². The number of carboxylic acids is 1. The quantitative estimate of drug-likeness (QED) is 0.0107. The predicted molar refractivity (Wildman–Crippen MR) is 358 cm³/mol. The van der Waals surface area contributed by atoms with Crippen LogP contribution in [0.1, 0.15) is 169 Å². The van der Waals surface area contributed by atoms with E-state index in [0.717, 1.165) is 53.1 Å². The maximum atomic E-state index is 14.9. The van der Waals surface area contributed by atoms with E-state index < -0.39 is 103 Å². The van der Waals surface area contributed by atoms with Gasteiger partial charge >= 0.3 is 11.9 Å². The van der Waals surface area contributed by atoms with Crippen molar-refractivity contribution in [3.63, 3.8) is 0 Å². The lowest BCUT2D eigenvalue weighted by molar-refractivity contribution is -0.213. The molecule has 3 heterocycles. The number of hydrogen-bond acceptors (Lipinski definition) is 15. The monoisotopic (exact) mass is 1310 g/mol. The third-order valence-corrected chi connectivity index (χ3v) is 17.8. The molecule has 0 aliphatic carbocycles.